The zero-order chi connectivity index (χ0) is 12.6. The van der Waals surface area contributed by atoms with Crippen LogP contribution in [0, 0.1) is 11.3 Å². The lowest BCUT2D eigenvalue weighted by molar-refractivity contribution is 0.257. The normalized spacial score (nSPS) is 14.2. The molecule has 0 fully saturated rings. The van der Waals surface area contributed by atoms with Gasteiger partial charge in [-0.25, -0.2) is 9.97 Å². The fourth-order valence-electron chi connectivity index (χ4n) is 1.62. The number of pyridine rings is 1. The van der Waals surface area contributed by atoms with E-state index in [2.05, 4.69) is 58.6 Å². The molecule has 92 valence electrons. The first-order valence-electron chi connectivity index (χ1n) is 5.86. The minimum absolute atomic E-state index is 0.299. The van der Waals surface area contributed by atoms with Crippen molar-refractivity contribution in [3.8, 4) is 0 Å². The van der Waals surface area contributed by atoms with Crippen LogP contribution >= 0.6 is 15.9 Å². The number of nitrogens with zero attached hydrogens (tertiary/aromatic N) is 2. The molecule has 0 aromatic carbocycles. The van der Waals surface area contributed by atoms with Crippen LogP contribution in [0.4, 0.5) is 0 Å². The van der Waals surface area contributed by atoms with Gasteiger partial charge in [-0.05, 0) is 33.3 Å². The first-order chi connectivity index (χ1) is 7.86. The molecule has 0 saturated carbocycles. The van der Waals surface area contributed by atoms with E-state index in [0.717, 1.165) is 27.9 Å². The highest BCUT2D eigenvalue weighted by Gasteiger charge is 2.21. The Morgan fingerprint density at radius 3 is 2.76 bits per heavy atom. The van der Waals surface area contributed by atoms with Crippen LogP contribution in [0.25, 0.3) is 11.2 Å². The molecule has 1 unspecified atom stereocenters. The van der Waals surface area contributed by atoms with Crippen LogP contribution in [0.5, 0.6) is 0 Å². The molecule has 0 radical (unpaired) electrons. The van der Waals surface area contributed by atoms with Gasteiger partial charge in [0.05, 0.1) is 5.52 Å². The van der Waals surface area contributed by atoms with Crippen molar-refractivity contribution in [3.63, 3.8) is 0 Å². The van der Waals surface area contributed by atoms with Crippen molar-refractivity contribution in [1.29, 1.82) is 0 Å². The zero-order valence-electron chi connectivity index (χ0n) is 10.7. The number of halogens is 1. The molecule has 2 heterocycles. The van der Waals surface area contributed by atoms with Crippen LogP contribution in [0.1, 0.15) is 33.5 Å². The van der Waals surface area contributed by atoms with E-state index in [-0.39, 0.29) is 0 Å². The Morgan fingerprint density at radius 2 is 2.12 bits per heavy atom. The van der Waals surface area contributed by atoms with E-state index in [1.165, 1.54) is 0 Å². The van der Waals surface area contributed by atoms with Gasteiger partial charge in [0.2, 0.25) is 0 Å². The average Bonchev–Trinajstić information content (AvgIpc) is 2.57. The van der Waals surface area contributed by atoms with Crippen LogP contribution in [0.15, 0.2) is 16.7 Å². The minimum atomic E-state index is 0.299. The molecular weight excluding hydrogens is 278 g/mol. The molecule has 2 rings (SSSR count). The van der Waals surface area contributed by atoms with Gasteiger partial charge in [-0.3, -0.25) is 0 Å². The third kappa shape index (κ3) is 2.86. The molecule has 2 aromatic rings. The Balaban J connectivity index is 2.25. The van der Waals surface area contributed by atoms with Gasteiger partial charge in [0.1, 0.15) is 5.82 Å². The van der Waals surface area contributed by atoms with E-state index < -0.39 is 0 Å². The molecule has 17 heavy (non-hydrogen) atoms. The summed E-state index contributed by atoms with van der Waals surface area (Å²) in [4.78, 5) is 12.1. The van der Waals surface area contributed by atoms with Crippen molar-refractivity contribution in [2.45, 2.75) is 34.1 Å². The average molecular weight is 296 g/mol. The molecule has 1 atom stereocenters. The van der Waals surface area contributed by atoms with Gasteiger partial charge in [-0.1, -0.05) is 27.7 Å². The molecule has 0 amide bonds. The summed E-state index contributed by atoms with van der Waals surface area (Å²) in [5.74, 6) is 1.60. The van der Waals surface area contributed by atoms with Crippen molar-refractivity contribution in [2.24, 2.45) is 11.3 Å². The Bertz CT molecular complexity index is 525. The van der Waals surface area contributed by atoms with Crippen molar-refractivity contribution in [2.75, 3.05) is 0 Å². The predicted molar refractivity (Wildman–Crippen MR) is 73.9 cm³/mol. The van der Waals surface area contributed by atoms with Crippen LogP contribution in [0.3, 0.4) is 0 Å². The summed E-state index contributed by atoms with van der Waals surface area (Å²) in [6.45, 7) is 9.04. The smallest absolute Gasteiger partial charge is 0.177 e. The maximum atomic E-state index is 4.52. The highest BCUT2D eigenvalue weighted by molar-refractivity contribution is 9.10. The summed E-state index contributed by atoms with van der Waals surface area (Å²) < 4.78 is 0.976. The van der Waals surface area contributed by atoms with Crippen LogP contribution in [0.2, 0.25) is 0 Å². The number of aromatic amines is 1. The van der Waals surface area contributed by atoms with E-state index in [1.807, 2.05) is 6.07 Å². The van der Waals surface area contributed by atoms with Gasteiger partial charge < -0.3 is 4.98 Å². The second-order valence-corrected chi connectivity index (χ2v) is 6.60. The number of imidazole rings is 1. The first-order valence-corrected chi connectivity index (χ1v) is 6.65. The third-order valence-electron chi connectivity index (χ3n) is 3.33. The lowest BCUT2D eigenvalue weighted by Crippen LogP contribution is -2.19. The third-order valence-corrected chi connectivity index (χ3v) is 3.76. The lowest BCUT2D eigenvalue weighted by Gasteiger charge is -2.26. The van der Waals surface area contributed by atoms with Crippen LogP contribution in [-0.4, -0.2) is 15.0 Å². The number of hydrogen-bond acceptors (Lipinski definition) is 2. The Morgan fingerprint density at radius 1 is 1.41 bits per heavy atom. The van der Waals surface area contributed by atoms with Crippen molar-refractivity contribution in [1.82, 2.24) is 15.0 Å². The summed E-state index contributed by atoms with van der Waals surface area (Å²) >= 11 is 3.41. The number of hydrogen-bond donors (Lipinski definition) is 1. The van der Waals surface area contributed by atoms with Gasteiger partial charge in [0.15, 0.2) is 5.65 Å². The van der Waals surface area contributed by atoms with Gasteiger partial charge in [0.25, 0.3) is 0 Å². The Hall–Kier alpha value is -0.900. The number of nitrogens with one attached hydrogen (secondary N) is 1. The van der Waals surface area contributed by atoms with E-state index in [0.29, 0.717) is 11.3 Å². The number of rotatable bonds is 2. The van der Waals surface area contributed by atoms with E-state index in [9.17, 15) is 0 Å². The number of aromatic nitrogens is 3. The number of H-pyrrole nitrogens is 1. The summed E-state index contributed by atoms with van der Waals surface area (Å²) in [7, 11) is 0. The summed E-state index contributed by atoms with van der Waals surface area (Å²) in [6, 6.07) is 2.01. The fourth-order valence-corrected chi connectivity index (χ4v) is 1.95. The maximum Gasteiger partial charge on any atom is 0.177 e. The largest absolute Gasteiger partial charge is 0.341 e. The molecule has 0 aliphatic rings. The molecule has 0 aliphatic heterocycles. The van der Waals surface area contributed by atoms with Crippen LogP contribution in [-0.2, 0) is 6.42 Å². The van der Waals surface area contributed by atoms with Gasteiger partial charge in [0, 0.05) is 17.1 Å². The van der Waals surface area contributed by atoms with E-state index >= 15 is 0 Å². The minimum Gasteiger partial charge on any atom is -0.341 e. The lowest BCUT2D eigenvalue weighted by atomic mass is 9.80. The molecule has 4 heteroatoms. The summed E-state index contributed by atoms with van der Waals surface area (Å²) in [6.07, 6.45) is 2.73. The Labute approximate surface area is 110 Å². The Kier molecular flexibility index (Phi) is 3.25. The van der Waals surface area contributed by atoms with Crippen molar-refractivity contribution < 1.29 is 0 Å². The molecule has 0 bridgehead atoms. The fraction of sp³-hybridized carbons (Fsp3) is 0.538. The molecule has 3 nitrogen and oxygen atoms in total. The maximum absolute atomic E-state index is 4.52. The zero-order valence-corrected chi connectivity index (χ0v) is 12.3. The molecular formula is C13H18BrN3. The van der Waals surface area contributed by atoms with Crippen molar-refractivity contribution in [3.05, 3.63) is 22.6 Å². The quantitative estimate of drug-likeness (QED) is 0.911. The molecule has 0 aliphatic carbocycles. The summed E-state index contributed by atoms with van der Waals surface area (Å²) in [5, 5.41) is 0. The second kappa shape index (κ2) is 4.41. The number of fused-ring (bicyclic) bond motifs is 1. The standard InChI is InChI=1S/C13H18BrN3/c1-8(13(2,3)4)5-11-16-10-6-9(14)7-15-12(10)17-11/h6-8H,5H2,1-4H3,(H,15,16,17). The summed E-state index contributed by atoms with van der Waals surface area (Å²) in [5.41, 5.74) is 2.09. The van der Waals surface area contributed by atoms with E-state index in [1.54, 1.807) is 6.20 Å². The van der Waals surface area contributed by atoms with Crippen molar-refractivity contribution >= 4 is 27.1 Å². The van der Waals surface area contributed by atoms with Crippen LogP contribution < -0.4 is 0 Å². The topological polar surface area (TPSA) is 41.6 Å². The predicted octanol–water partition coefficient (Wildman–Crippen LogP) is 3.95. The molecule has 0 saturated heterocycles. The highest BCUT2D eigenvalue weighted by Crippen LogP contribution is 2.28. The monoisotopic (exact) mass is 295 g/mol. The van der Waals surface area contributed by atoms with Gasteiger partial charge in [-0.2, -0.15) is 0 Å². The molecule has 2 aromatic heterocycles. The molecule has 0 spiro atoms. The highest BCUT2D eigenvalue weighted by atomic mass is 79.9. The van der Waals surface area contributed by atoms with E-state index in [4.69, 9.17) is 0 Å². The second-order valence-electron chi connectivity index (χ2n) is 5.68. The van der Waals surface area contributed by atoms with Gasteiger partial charge in [-0.15, -0.1) is 0 Å². The van der Waals surface area contributed by atoms with Gasteiger partial charge >= 0.3 is 0 Å². The SMILES string of the molecule is CC(Cc1nc2ncc(Br)cc2[nH]1)C(C)(C)C. The molecule has 1 N–H and O–H groups in total. The first kappa shape index (κ1) is 12.6.